The van der Waals surface area contributed by atoms with E-state index < -0.39 is 60.1 Å². The maximum Gasteiger partial charge on any atom is 0.303 e. The quantitative estimate of drug-likeness (QED) is 0.0749. The van der Waals surface area contributed by atoms with Crippen molar-refractivity contribution in [3.63, 3.8) is 0 Å². The maximum absolute atomic E-state index is 12.2. The van der Waals surface area contributed by atoms with Gasteiger partial charge in [0.25, 0.3) is 0 Å². The summed E-state index contributed by atoms with van der Waals surface area (Å²) < 4.78 is 0. The second-order valence-corrected chi connectivity index (χ2v) is 9.19. The third-order valence-corrected chi connectivity index (χ3v) is 5.29. The molecule has 0 aliphatic carbocycles. The van der Waals surface area contributed by atoms with Crippen molar-refractivity contribution in [1.29, 1.82) is 0 Å². The van der Waals surface area contributed by atoms with Gasteiger partial charge in [-0.25, -0.2) is 0 Å². The number of nitrogens with one attached hydrogen (secondary N) is 6. The van der Waals surface area contributed by atoms with Gasteiger partial charge in [0.15, 0.2) is 5.78 Å². The van der Waals surface area contributed by atoms with Crippen molar-refractivity contribution in [3.05, 3.63) is 0 Å². The third kappa shape index (κ3) is 25.6. The first-order chi connectivity index (χ1) is 19.6. The van der Waals surface area contributed by atoms with E-state index in [1.807, 2.05) is 0 Å². The molecule has 0 fully saturated rings. The molecule has 8 N–H and O–H groups in total. The fraction of sp³-hybridized carbons (Fsp3) is 0.667. The standard InChI is InChI=1S/C18H32N6O6S2.2C3H6O2/c1-10(2)13(25)4-20-14(26)6-21-17(29)12(9-32)24-16(28)7-22-18(30)11(8-31)23-15(27)5-19-3;2*1-2-3(4)5/h10-12,19,31-32H,4-9H2,1-3H3,(H,20,26)(H,21,29)(H,22,30)(H,23,27)(H,24,28);2*2H2,1H3,(H,4,5). The average Bonchev–Trinajstić information content (AvgIpc) is 2.95. The highest BCUT2D eigenvalue weighted by atomic mass is 32.1. The summed E-state index contributed by atoms with van der Waals surface area (Å²) in [5.74, 6) is -4.78. The molecule has 0 aromatic carbocycles. The number of ketones is 1. The van der Waals surface area contributed by atoms with Crippen LogP contribution < -0.4 is 31.9 Å². The van der Waals surface area contributed by atoms with Crippen LogP contribution in [0.4, 0.5) is 0 Å². The lowest BCUT2D eigenvalue weighted by molar-refractivity contribution is -0.137. The molecule has 242 valence electrons. The number of carboxylic acids is 2. The summed E-state index contributed by atoms with van der Waals surface area (Å²) in [7, 11) is 1.58. The van der Waals surface area contributed by atoms with Gasteiger partial charge >= 0.3 is 11.9 Å². The lowest BCUT2D eigenvalue weighted by Gasteiger charge is -2.18. The normalized spacial score (nSPS) is 11.1. The number of hydrogen-bond donors (Lipinski definition) is 10. The van der Waals surface area contributed by atoms with Crippen molar-refractivity contribution in [2.75, 3.05) is 44.7 Å². The number of carboxylic acid groups (broad SMARTS) is 2. The van der Waals surface area contributed by atoms with Gasteiger partial charge in [-0.05, 0) is 7.05 Å². The Morgan fingerprint density at radius 2 is 0.976 bits per heavy atom. The number of carbonyl (C=O) groups excluding carboxylic acids is 6. The van der Waals surface area contributed by atoms with Crippen molar-refractivity contribution < 1.29 is 48.6 Å². The van der Waals surface area contributed by atoms with E-state index in [9.17, 15) is 38.4 Å². The number of rotatable bonds is 17. The Kier molecular flexibility index (Phi) is 27.2. The van der Waals surface area contributed by atoms with Crippen molar-refractivity contribution in [2.24, 2.45) is 5.92 Å². The fourth-order valence-electron chi connectivity index (χ4n) is 2.07. The van der Waals surface area contributed by atoms with E-state index in [2.05, 4.69) is 57.2 Å². The van der Waals surface area contributed by atoms with E-state index in [1.54, 1.807) is 34.7 Å². The summed E-state index contributed by atoms with van der Waals surface area (Å²) in [5.41, 5.74) is 0. The van der Waals surface area contributed by atoms with Crippen LogP contribution in [0.2, 0.25) is 0 Å². The number of hydrogen-bond acceptors (Lipinski definition) is 11. The van der Waals surface area contributed by atoms with Gasteiger partial charge in [-0.1, -0.05) is 27.7 Å². The molecule has 0 aliphatic rings. The molecule has 0 bridgehead atoms. The zero-order valence-electron chi connectivity index (χ0n) is 24.4. The number of thiol groups is 2. The van der Waals surface area contributed by atoms with Crippen LogP contribution in [0, 0.1) is 5.92 Å². The smallest absolute Gasteiger partial charge is 0.303 e. The molecule has 0 spiro atoms. The third-order valence-electron chi connectivity index (χ3n) is 4.56. The van der Waals surface area contributed by atoms with Crippen LogP contribution in [-0.2, 0) is 38.4 Å². The topological polar surface area (TPSA) is 249 Å². The van der Waals surface area contributed by atoms with Crippen molar-refractivity contribution in [1.82, 2.24) is 31.9 Å². The van der Waals surface area contributed by atoms with Gasteiger partial charge in [0.05, 0.1) is 26.2 Å². The Morgan fingerprint density at radius 3 is 1.29 bits per heavy atom. The first kappa shape index (κ1) is 43.1. The molecule has 2 atom stereocenters. The molecular formula is C24H44N6O10S2. The van der Waals surface area contributed by atoms with Gasteiger partial charge in [0, 0.05) is 30.3 Å². The van der Waals surface area contributed by atoms with Crippen LogP contribution in [0.3, 0.4) is 0 Å². The molecule has 42 heavy (non-hydrogen) atoms. The van der Waals surface area contributed by atoms with Crippen LogP contribution in [0.15, 0.2) is 0 Å². The Hall–Kier alpha value is -3.38. The summed E-state index contributed by atoms with van der Waals surface area (Å²) in [6.07, 6.45) is 0.444. The summed E-state index contributed by atoms with van der Waals surface area (Å²) in [4.78, 5) is 89.8. The van der Waals surface area contributed by atoms with Gasteiger partial charge in [-0.15, -0.1) is 0 Å². The zero-order chi connectivity index (χ0) is 33.3. The summed E-state index contributed by atoms with van der Waals surface area (Å²) >= 11 is 8.01. The SMILES string of the molecule is CCC(=O)O.CCC(=O)O.CNCC(=O)NC(CS)C(=O)NCC(=O)NC(CS)C(=O)NCC(=O)NCC(=O)C(C)C. The van der Waals surface area contributed by atoms with E-state index in [1.165, 1.54) is 0 Å². The molecule has 0 saturated carbocycles. The molecule has 0 rings (SSSR count). The van der Waals surface area contributed by atoms with E-state index in [0.717, 1.165) is 0 Å². The molecule has 0 aromatic heterocycles. The largest absolute Gasteiger partial charge is 0.481 e. The number of likely N-dealkylation sites (N-methyl/N-ethyl adjacent to an activating group) is 1. The van der Waals surface area contributed by atoms with Gasteiger partial charge in [-0.2, -0.15) is 25.3 Å². The zero-order valence-corrected chi connectivity index (χ0v) is 26.2. The number of aliphatic carboxylic acids is 2. The van der Waals surface area contributed by atoms with E-state index in [4.69, 9.17) is 10.2 Å². The van der Waals surface area contributed by atoms with Gasteiger partial charge in [-0.3, -0.25) is 38.4 Å². The molecule has 5 amide bonds. The molecule has 2 unspecified atom stereocenters. The minimum Gasteiger partial charge on any atom is -0.481 e. The van der Waals surface area contributed by atoms with E-state index >= 15 is 0 Å². The Balaban J connectivity index is -0.00000129. The van der Waals surface area contributed by atoms with Gasteiger partial charge in [0.2, 0.25) is 29.5 Å². The molecule has 0 radical (unpaired) electrons. The van der Waals surface area contributed by atoms with Crippen molar-refractivity contribution >= 4 is 72.5 Å². The fourth-order valence-corrected chi connectivity index (χ4v) is 2.59. The number of amides is 5. The summed E-state index contributed by atoms with van der Waals surface area (Å²) in [5, 5.41) is 30.0. The molecule has 0 saturated heterocycles. The molecule has 18 heteroatoms. The maximum atomic E-state index is 12.2. The molecule has 16 nitrogen and oxygen atoms in total. The van der Waals surface area contributed by atoms with Crippen LogP contribution in [0.5, 0.6) is 0 Å². The highest BCUT2D eigenvalue weighted by Gasteiger charge is 2.22. The predicted molar refractivity (Wildman–Crippen MR) is 160 cm³/mol. The molecule has 0 heterocycles. The Labute approximate surface area is 256 Å². The van der Waals surface area contributed by atoms with Crippen LogP contribution in [0.25, 0.3) is 0 Å². The summed E-state index contributed by atoms with van der Waals surface area (Å²) in [6.45, 7) is 5.67. The van der Waals surface area contributed by atoms with Crippen LogP contribution in [0.1, 0.15) is 40.5 Å². The summed E-state index contributed by atoms with van der Waals surface area (Å²) in [6, 6.07) is -1.99. The van der Waals surface area contributed by atoms with Crippen LogP contribution in [-0.4, -0.2) is 114 Å². The van der Waals surface area contributed by atoms with E-state index in [-0.39, 0.29) is 55.7 Å². The number of Topliss-reactive ketones (excluding diaryl/α,β-unsaturated/α-hetero) is 1. The van der Waals surface area contributed by atoms with Crippen LogP contribution >= 0.6 is 25.3 Å². The predicted octanol–water partition coefficient (Wildman–Crippen LogP) is -2.43. The Bertz CT molecular complexity index is 891. The highest BCUT2D eigenvalue weighted by Crippen LogP contribution is 1.93. The second kappa shape index (κ2) is 26.5. The van der Waals surface area contributed by atoms with Crippen molar-refractivity contribution in [3.8, 4) is 0 Å². The van der Waals surface area contributed by atoms with Gasteiger partial charge < -0.3 is 42.1 Å². The van der Waals surface area contributed by atoms with E-state index in [0.29, 0.717) is 0 Å². The highest BCUT2D eigenvalue weighted by molar-refractivity contribution is 7.80. The minimum atomic E-state index is -1.05. The molecular weight excluding hydrogens is 596 g/mol. The lowest BCUT2D eigenvalue weighted by Crippen LogP contribution is -2.54. The molecule has 0 aliphatic heterocycles. The second-order valence-electron chi connectivity index (χ2n) is 8.46. The molecule has 0 aromatic rings. The minimum absolute atomic E-state index is 0.0167. The number of carbonyl (C=O) groups is 8. The first-order valence-electron chi connectivity index (χ1n) is 12.8. The van der Waals surface area contributed by atoms with Crippen molar-refractivity contribution in [2.45, 2.75) is 52.6 Å². The lowest BCUT2D eigenvalue weighted by atomic mass is 10.1. The van der Waals surface area contributed by atoms with Gasteiger partial charge in [0.1, 0.15) is 12.1 Å². The average molecular weight is 641 g/mol. The monoisotopic (exact) mass is 640 g/mol. The Morgan fingerprint density at radius 1 is 0.619 bits per heavy atom. The first-order valence-corrected chi connectivity index (χ1v) is 14.1.